The molecule has 3 N–H and O–H groups in total. The lowest BCUT2D eigenvalue weighted by Gasteiger charge is -2.22. The van der Waals surface area contributed by atoms with Gasteiger partial charge in [0, 0.05) is 25.1 Å². The van der Waals surface area contributed by atoms with Crippen LogP contribution in [0.25, 0.3) is 0 Å². The van der Waals surface area contributed by atoms with Crippen LogP contribution in [0, 0.1) is 0 Å². The molecule has 21 heavy (non-hydrogen) atoms. The van der Waals surface area contributed by atoms with E-state index in [1.54, 1.807) is 4.90 Å². The monoisotopic (exact) mass is 292 g/mol. The molecule has 5 heteroatoms. The molecule has 0 fully saturated rings. The van der Waals surface area contributed by atoms with Gasteiger partial charge in [-0.2, -0.15) is 0 Å². The molecule has 5 nitrogen and oxygen atoms in total. The summed E-state index contributed by atoms with van der Waals surface area (Å²) in [5.41, 5.74) is 6.27. The number of rotatable bonds is 10. The van der Waals surface area contributed by atoms with Crippen LogP contribution in [0.2, 0.25) is 0 Å². The maximum Gasteiger partial charge on any atom is 0.303 e. The number of hydrogen-bond donors (Lipinski definition) is 2. The molecular weight excluding hydrogens is 268 g/mol. The van der Waals surface area contributed by atoms with Crippen molar-refractivity contribution in [1.29, 1.82) is 0 Å². The third-order valence-corrected chi connectivity index (χ3v) is 3.24. The highest BCUT2D eigenvalue weighted by Gasteiger charge is 2.15. The molecule has 0 aromatic heterocycles. The van der Waals surface area contributed by atoms with Crippen LogP contribution >= 0.6 is 0 Å². The van der Waals surface area contributed by atoms with Crippen LogP contribution in [0.4, 0.5) is 5.69 Å². The van der Waals surface area contributed by atoms with Gasteiger partial charge in [0.25, 0.3) is 0 Å². The molecule has 0 heterocycles. The number of para-hydroxylation sites is 1. The van der Waals surface area contributed by atoms with E-state index in [1.807, 2.05) is 30.3 Å². The van der Waals surface area contributed by atoms with E-state index < -0.39 is 5.97 Å². The summed E-state index contributed by atoms with van der Waals surface area (Å²) < 4.78 is 0. The van der Waals surface area contributed by atoms with Crippen LogP contribution in [-0.2, 0) is 9.59 Å². The number of unbranched alkanes of at least 4 members (excludes halogenated alkanes) is 2. The Morgan fingerprint density at radius 1 is 1.00 bits per heavy atom. The highest BCUT2D eigenvalue weighted by Crippen LogP contribution is 2.16. The Bertz CT molecular complexity index is 434. The summed E-state index contributed by atoms with van der Waals surface area (Å²) in [6.07, 6.45) is 3.69. The SMILES string of the molecule is NCCCCCC(=O)N(CCCC(=O)O)c1ccccc1. The molecule has 0 radical (unpaired) electrons. The topological polar surface area (TPSA) is 83.6 Å². The van der Waals surface area contributed by atoms with Crippen molar-refractivity contribution >= 4 is 17.6 Å². The maximum absolute atomic E-state index is 12.3. The minimum atomic E-state index is -0.835. The largest absolute Gasteiger partial charge is 0.481 e. The predicted molar refractivity (Wildman–Crippen MR) is 83.2 cm³/mol. The van der Waals surface area contributed by atoms with Crippen molar-refractivity contribution in [2.75, 3.05) is 18.0 Å². The zero-order chi connectivity index (χ0) is 15.5. The molecule has 0 saturated heterocycles. The molecule has 0 aliphatic rings. The third kappa shape index (κ3) is 6.90. The zero-order valence-electron chi connectivity index (χ0n) is 12.3. The lowest BCUT2D eigenvalue weighted by atomic mass is 10.1. The van der Waals surface area contributed by atoms with Gasteiger partial charge in [0.05, 0.1) is 0 Å². The smallest absolute Gasteiger partial charge is 0.303 e. The van der Waals surface area contributed by atoms with Gasteiger partial charge in [-0.05, 0) is 37.9 Å². The number of carbonyl (C=O) groups is 2. The van der Waals surface area contributed by atoms with E-state index in [0.29, 0.717) is 25.9 Å². The Morgan fingerprint density at radius 3 is 2.33 bits per heavy atom. The van der Waals surface area contributed by atoms with Gasteiger partial charge in [-0.25, -0.2) is 0 Å². The number of anilines is 1. The number of benzene rings is 1. The van der Waals surface area contributed by atoms with E-state index in [0.717, 1.165) is 24.9 Å². The molecule has 0 atom stereocenters. The van der Waals surface area contributed by atoms with Gasteiger partial charge in [0.15, 0.2) is 0 Å². The molecule has 1 aromatic rings. The molecule has 0 aliphatic carbocycles. The average molecular weight is 292 g/mol. The summed E-state index contributed by atoms with van der Waals surface area (Å²) in [7, 11) is 0. The number of nitrogens with zero attached hydrogens (tertiary/aromatic N) is 1. The normalized spacial score (nSPS) is 10.3. The highest BCUT2D eigenvalue weighted by molar-refractivity contribution is 5.93. The molecule has 1 aromatic carbocycles. The van der Waals surface area contributed by atoms with Crippen LogP contribution in [0.5, 0.6) is 0 Å². The fourth-order valence-corrected chi connectivity index (χ4v) is 2.13. The van der Waals surface area contributed by atoms with E-state index in [2.05, 4.69) is 0 Å². The molecule has 1 amide bonds. The number of nitrogens with two attached hydrogens (primary N) is 1. The second-order valence-corrected chi connectivity index (χ2v) is 4.98. The number of hydrogen-bond acceptors (Lipinski definition) is 3. The first kappa shape index (κ1) is 17.2. The first-order valence-electron chi connectivity index (χ1n) is 7.42. The first-order chi connectivity index (χ1) is 10.1. The number of carboxylic acid groups (broad SMARTS) is 1. The van der Waals surface area contributed by atoms with Crippen molar-refractivity contribution in [3.05, 3.63) is 30.3 Å². The van der Waals surface area contributed by atoms with Gasteiger partial charge >= 0.3 is 5.97 Å². The van der Waals surface area contributed by atoms with E-state index in [1.165, 1.54) is 0 Å². The minimum Gasteiger partial charge on any atom is -0.481 e. The number of carboxylic acids is 1. The maximum atomic E-state index is 12.3. The van der Waals surface area contributed by atoms with E-state index in [-0.39, 0.29) is 12.3 Å². The number of aliphatic carboxylic acids is 1. The van der Waals surface area contributed by atoms with Gasteiger partial charge in [0.2, 0.25) is 5.91 Å². The summed E-state index contributed by atoms with van der Waals surface area (Å²) in [5, 5.41) is 8.72. The fourth-order valence-electron chi connectivity index (χ4n) is 2.13. The van der Waals surface area contributed by atoms with Gasteiger partial charge in [-0.1, -0.05) is 24.6 Å². The number of carbonyl (C=O) groups excluding carboxylic acids is 1. The van der Waals surface area contributed by atoms with E-state index in [4.69, 9.17) is 10.8 Å². The highest BCUT2D eigenvalue weighted by atomic mass is 16.4. The Kier molecular flexibility index (Phi) is 8.12. The van der Waals surface area contributed by atoms with Crippen molar-refractivity contribution in [2.45, 2.75) is 38.5 Å². The summed E-state index contributed by atoms with van der Waals surface area (Å²) >= 11 is 0. The number of amides is 1. The third-order valence-electron chi connectivity index (χ3n) is 3.24. The van der Waals surface area contributed by atoms with Crippen LogP contribution < -0.4 is 10.6 Å². The quantitative estimate of drug-likeness (QED) is 0.649. The summed E-state index contributed by atoms with van der Waals surface area (Å²) in [4.78, 5) is 24.6. The second-order valence-electron chi connectivity index (χ2n) is 4.98. The van der Waals surface area contributed by atoms with Crippen LogP contribution in [-0.4, -0.2) is 30.1 Å². The summed E-state index contributed by atoms with van der Waals surface area (Å²) in [5.74, 6) is -0.790. The van der Waals surface area contributed by atoms with Crippen molar-refractivity contribution in [2.24, 2.45) is 5.73 Å². The van der Waals surface area contributed by atoms with Gasteiger partial charge in [-0.15, -0.1) is 0 Å². The van der Waals surface area contributed by atoms with Gasteiger partial charge in [-0.3, -0.25) is 9.59 Å². The van der Waals surface area contributed by atoms with Gasteiger partial charge in [0.1, 0.15) is 0 Å². The average Bonchev–Trinajstić information content (AvgIpc) is 2.48. The minimum absolute atomic E-state index is 0.0450. The molecule has 0 saturated carbocycles. The molecule has 116 valence electrons. The van der Waals surface area contributed by atoms with Crippen LogP contribution in [0.15, 0.2) is 30.3 Å². The lowest BCUT2D eigenvalue weighted by Crippen LogP contribution is -2.32. The van der Waals surface area contributed by atoms with E-state index >= 15 is 0 Å². The van der Waals surface area contributed by atoms with Crippen molar-refractivity contribution < 1.29 is 14.7 Å². The predicted octanol–water partition coefficient (Wildman–Crippen LogP) is 2.40. The van der Waals surface area contributed by atoms with E-state index in [9.17, 15) is 9.59 Å². The second kappa shape index (κ2) is 9.94. The fraction of sp³-hybridized carbons (Fsp3) is 0.500. The Morgan fingerprint density at radius 2 is 1.71 bits per heavy atom. The summed E-state index contributed by atoms with van der Waals surface area (Å²) in [6, 6.07) is 9.39. The summed E-state index contributed by atoms with van der Waals surface area (Å²) in [6.45, 7) is 1.08. The van der Waals surface area contributed by atoms with Crippen LogP contribution in [0.1, 0.15) is 38.5 Å². The molecular formula is C16H24N2O3. The van der Waals surface area contributed by atoms with Crippen molar-refractivity contribution in [3.8, 4) is 0 Å². The molecule has 0 unspecified atom stereocenters. The molecule has 1 rings (SSSR count). The van der Waals surface area contributed by atoms with Crippen LogP contribution in [0.3, 0.4) is 0 Å². The molecule has 0 aliphatic heterocycles. The zero-order valence-corrected chi connectivity index (χ0v) is 12.3. The standard InChI is InChI=1S/C16H24N2O3/c17-12-6-2-5-10-15(19)18(13-7-11-16(20)21)14-8-3-1-4-9-14/h1,3-4,8-9H,2,5-7,10-13,17H2,(H,20,21). The lowest BCUT2D eigenvalue weighted by molar-refractivity contribution is -0.137. The van der Waals surface area contributed by atoms with Crippen molar-refractivity contribution in [1.82, 2.24) is 0 Å². The molecule has 0 spiro atoms. The Balaban J connectivity index is 2.58. The Hall–Kier alpha value is -1.88. The van der Waals surface area contributed by atoms with Crippen molar-refractivity contribution in [3.63, 3.8) is 0 Å². The first-order valence-corrected chi connectivity index (χ1v) is 7.42. The molecule has 0 bridgehead atoms. The van der Waals surface area contributed by atoms with Gasteiger partial charge < -0.3 is 15.7 Å². The Labute approximate surface area is 125 Å².